The first-order valence-electron chi connectivity index (χ1n) is 3.64. The molecular weight excluding hydrogens is 160 g/mol. The SMILES string of the molecule is CCC(C)OC(=O)/C=C(\C)S. The summed E-state index contributed by atoms with van der Waals surface area (Å²) >= 11 is 3.95. The minimum atomic E-state index is -0.313. The molecule has 3 heteroatoms. The second kappa shape index (κ2) is 5.24. The Balaban J connectivity index is 3.79. The fraction of sp³-hybridized carbons (Fsp3) is 0.625. The predicted octanol–water partition coefficient (Wildman–Crippen LogP) is 2.16. The van der Waals surface area contributed by atoms with Crippen LogP contribution in [-0.4, -0.2) is 12.1 Å². The smallest absolute Gasteiger partial charge is 0.331 e. The number of ether oxygens (including phenoxy) is 1. The van der Waals surface area contributed by atoms with Crippen molar-refractivity contribution in [2.75, 3.05) is 0 Å². The summed E-state index contributed by atoms with van der Waals surface area (Å²) in [5, 5.41) is 0. The highest BCUT2D eigenvalue weighted by Gasteiger charge is 2.03. The summed E-state index contributed by atoms with van der Waals surface area (Å²) < 4.78 is 4.95. The molecule has 11 heavy (non-hydrogen) atoms. The van der Waals surface area contributed by atoms with Gasteiger partial charge in [0.2, 0.25) is 0 Å². The van der Waals surface area contributed by atoms with Gasteiger partial charge in [-0.1, -0.05) is 6.92 Å². The predicted molar refractivity (Wildman–Crippen MR) is 48.6 cm³/mol. The lowest BCUT2D eigenvalue weighted by molar-refractivity contribution is -0.142. The standard InChI is InChI=1S/C8H14O2S/c1-4-6(2)10-8(9)5-7(3)11/h5-6,11H,4H2,1-3H3/b7-5+. The average Bonchev–Trinajstić information content (AvgIpc) is 1.85. The maximum Gasteiger partial charge on any atom is 0.331 e. The highest BCUT2D eigenvalue weighted by atomic mass is 32.1. The second-order valence-corrected chi connectivity index (χ2v) is 3.15. The van der Waals surface area contributed by atoms with Crippen LogP contribution in [0.4, 0.5) is 0 Å². The van der Waals surface area contributed by atoms with E-state index in [0.29, 0.717) is 4.91 Å². The Morgan fingerprint density at radius 1 is 1.73 bits per heavy atom. The largest absolute Gasteiger partial charge is 0.460 e. The molecule has 0 aliphatic heterocycles. The Labute approximate surface area is 73.0 Å². The molecule has 0 aromatic heterocycles. The lowest BCUT2D eigenvalue weighted by Crippen LogP contribution is -2.11. The molecule has 0 aliphatic rings. The lowest BCUT2D eigenvalue weighted by Gasteiger charge is -2.07. The molecule has 0 aliphatic carbocycles. The fourth-order valence-corrected chi connectivity index (χ4v) is 0.592. The van der Waals surface area contributed by atoms with Crippen molar-refractivity contribution in [1.29, 1.82) is 0 Å². The van der Waals surface area contributed by atoms with Crippen LogP contribution in [0.25, 0.3) is 0 Å². The van der Waals surface area contributed by atoms with E-state index in [4.69, 9.17) is 4.74 Å². The van der Waals surface area contributed by atoms with E-state index < -0.39 is 0 Å². The fourth-order valence-electron chi connectivity index (χ4n) is 0.486. The van der Waals surface area contributed by atoms with Crippen molar-refractivity contribution >= 4 is 18.6 Å². The molecule has 0 rings (SSSR count). The van der Waals surface area contributed by atoms with Crippen molar-refractivity contribution in [3.8, 4) is 0 Å². The molecule has 0 heterocycles. The van der Waals surface area contributed by atoms with Crippen molar-refractivity contribution in [3.05, 3.63) is 11.0 Å². The highest BCUT2D eigenvalue weighted by molar-refractivity contribution is 7.84. The normalized spacial score (nSPS) is 14.4. The van der Waals surface area contributed by atoms with Gasteiger partial charge in [-0.25, -0.2) is 4.79 Å². The van der Waals surface area contributed by atoms with E-state index in [-0.39, 0.29) is 12.1 Å². The monoisotopic (exact) mass is 174 g/mol. The van der Waals surface area contributed by atoms with E-state index >= 15 is 0 Å². The summed E-state index contributed by atoms with van der Waals surface area (Å²) in [7, 11) is 0. The Morgan fingerprint density at radius 3 is 2.64 bits per heavy atom. The summed E-state index contributed by atoms with van der Waals surface area (Å²) in [5.41, 5.74) is 0. The minimum absolute atomic E-state index is 0.00793. The summed E-state index contributed by atoms with van der Waals surface area (Å²) in [6.07, 6.45) is 2.20. The van der Waals surface area contributed by atoms with Crippen molar-refractivity contribution in [2.45, 2.75) is 33.3 Å². The maximum absolute atomic E-state index is 10.9. The molecule has 0 saturated carbocycles. The number of hydrogen-bond donors (Lipinski definition) is 1. The summed E-state index contributed by atoms with van der Waals surface area (Å²) in [6, 6.07) is 0. The number of hydrogen-bond acceptors (Lipinski definition) is 3. The van der Waals surface area contributed by atoms with Gasteiger partial charge in [0.15, 0.2) is 0 Å². The van der Waals surface area contributed by atoms with Gasteiger partial charge in [-0.15, -0.1) is 12.6 Å². The molecule has 0 radical (unpaired) electrons. The lowest BCUT2D eigenvalue weighted by atomic mass is 10.3. The van der Waals surface area contributed by atoms with Gasteiger partial charge in [-0.2, -0.15) is 0 Å². The van der Waals surface area contributed by atoms with Crippen LogP contribution in [0.3, 0.4) is 0 Å². The van der Waals surface area contributed by atoms with Gasteiger partial charge in [0, 0.05) is 6.08 Å². The molecule has 0 amide bonds. The average molecular weight is 174 g/mol. The zero-order chi connectivity index (χ0) is 8.85. The van der Waals surface area contributed by atoms with Crippen LogP contribution in [0.2, 0.25) is 0 Å². The van der Waals surface area contributed by atoms with Gasteiger partial charge in [0.05, 0.1) is 6.10 Å². The highest BCUT2D eigenvalue weighted by Crippen LogP contribution is 2.01. The van der Waals surface area contributed by atoms with E-state index in [1.807, 2.05) is 13.8 Å². The summed E-state index contributed by atoms with van der Waals surface area (Å²) in [5.74, 6) is -0.313. The number of carbonyl (C=O) groups is 1. The zero-order valence-electron chi connectivity index (χ0n) is 7.13. The van der Waals surface area contributed by atoms with Gasteiger partial charge in [-0.05, 0) is 25.2 Å². The number of esters is 1. The third-order valence-corrected chi connectivity index (χ3v) is 1.35. The first kappa shape index (κ1) is 10.6. The van der Waals surface area contributed by atoms with Crippen LogP contribution < -0.4 is 0 Å². The van der Waals surface area contributed by atoms with Crippen molar-refractivity contribution in [3.63, 3.8) is 0 Å². The molecule has 0 aromatic rings. The van der Waals surface area contributed by atoms with Gasteiger partial charge in [0.1, 0.15) is 0 Å². The minimum Gasteiger partial charge on any atom is -0.460 e. The topological polar surface area (TPSA) is 26.3 Å². The van der Waals surface area contributed by atoms with Gasteiger partial charge in [0.25, 0.3) is 0 Å². The van der Waals surface area contributed by atoms with E-state index in [0.717, 1.165) is 6.42 Å². The quantitative estimate of drug-likeness (QED) is 0.403. The van der Waals surface area contributed by atoms with E-state index in [2.05, 4.69) is 12.6 Å². The molecule has 0 fully saturated rings. The number of carbonyl (C=O) groups excluding carboxylic acids is 1. The van der Waals surface area contributed by atoms with Crippen LogP contribution in [0.1, 0.15) is 27.2 Å². The van der Waals surface area contributed by atoms with Crippen LogP contribution in [-0.2, 0) is 9.53 Å². The molecular formula is C8H14O2S. The van der Waals surface area contributed by atoms with E-state index in [1.165, 1.54) is 6.08 Å². The molecule has 0 bridgehead atoms. The Bertz CT molecular complexity index is 159. The van der Waals surface area contributed by atoms with Crippen molar-refractivity contribution in [1.82, 2.24) is 0 Å². The molecule has 0 spiro atoms. The molecule has 0 saturated heterocycles. The first-order valence-corrected chi connectivity index (χ1v) is 4.08. The van der Waals surface area contributed by atoms with Crippen LogP contribution in [0, 0.1) is 0 Å². The van der Waals surface area contributed by atoms with Gasteiger partial charge < -0.3 is 4.74 Å². The molecule has 2 nitrogen and oxygen atoms in total. The summed E-state index contributed by atoms with van der Waals surface area (Å²) in [4.78, 5) is 11.5. The Hall–Kier alpha value is -0.440. The van der Waals surface area contributed by atoms with Gasteiger partial charge in [-0.3, -0.25) is 0 Å². The first-order chi connectivity index (χ1) is 5.06. The molecule has 1 unspecified atom stereocenters. The molecule has 1 atom stereocenters. The Morgan fingerprint density at radius 2 is 2.27 bits per heavy atom. The Kier molecular flexibility index (Phi) is 5.03. The third kappa shape index (κ3) is 5.98. The number of thiol groups is 1. The van der Waals surface area contributed by atoms with Crippen molar-refractivity contribution < 1.29 is 9.53 Å². The van der Waals surface area contributed by atoms with E-state index in [1.54, 1.807) is 6.92 Å². The van der Waals surface area contributed by atoms with Crippen LogP contribution in [0.15, 0.2) is 11.0 Å². The van der Waals surface area contributed by atoms with Gasteiger partial charge >= 0.3 is 5.97 Å². The van der Waals surface area contributed by atoms with Crippen LogP contribution in [0.5, 0.6) is 0 Å². The van der Waals surface area contributed by atoms with Crippen LogP contribution >= 0.6 is 12.6 Å². The third-order valence-electron chi connectivity index (χ3n) is 1.22. The zero-order valence-corrected chi connectivity index (χ0v) is 8.02. The maximum atomic E-state index is 10.9. The van der Waals surface area contributed by atoms with E-state index in [9.17, 15) is 4.79 Å². The molecule has 0 aromatic carbocycles. The molecule has 0 N–H and O–H groups in total. The number of rotatable bonds is 3. The number of allylic oxidation sites excluding steroid dienone is 1. The molecule has 64 valence electrons. The second-order valence-electron chi connectivity index (χ2n) is 2.44. The van der Waals surface area contributed by atoms with Crippen molar-refractivity contribution in [2.24, 2.45) is 0 Å². The summed E-state index contributed by atoms with van der Waals surface area (Å²) in [6.45, 7) is 5.57.